The van der Waals surface area contributed by atoms with Gasteiger partial charge in [0.2, 0.25) is 0 Å². The standard InChI is InChI=1S/C10H11O4P/c1-2-14-10(9(11)12)15(13)8-6-4-3-5-7-8/h3-7,10H,2H2,1H3/p+1. The molecule has 1 N–H and O–H groups in total. The first-order valence-electron chi connectivity index (χ1n) is 4.52. The normalized spacial score (nSPS) is 13.3. The van der Waals surface area contributed by atoms with E-state index in [1.807, 2.05) is 0 Å². The van der Waals surface area contributed by atoms with Gasteiger partial charge < -0.3 is 9.84 Å². The molecule has 0 bridgehead atoms. The molecule has 4 nitrogen and oxygen atoms in total. The summed E-state index contributed by atoms with van der Waals surface area (Å²) in [5.41, 5.74) is 0. The van der Waals surface area contributed by atoms with E-state index >= 15 is 0 Å². The van der Waals surface area contributed by atoms with Crippen molar-refractivity contribution in [2.75, 3.05) is 6.61 Å². The van der Waals surface area contributed by atoms with E-state index in [1.165, 1.54) is 0 Å². The molecule has 1 aromatic carbocycles. The van der Waals surface area contributed by atoms with Gasteiger partial charge in [-0.3, -0.25) is 0 Å². The number of aliphatic carboxylic acids is 1. The Balaban J connectivity index is 2.86. The molecule has 0 aliphatic heterocycles. The van der Waals surface area contributed by atoms with Crippen molar-refractivity contribution in [2.45, 2.75) is 12.8 Å². The van der Waals surface area contributed by atoms with Crippen molar-refractivity contribution in [1.82, 2.24) is 0 Å². The number of ether oxygens (including phenoxy) is 1. The first kappa shape index (κ1) is 11.8. The maximum absolute atomic E-state index is 11.8. The quantitative estimate of drug-likeness (QED) is 0.776. The van der Waals surface area contributed by atoms with Crippen molar-refractivity contribution in [3.8, 4) is 0 Å². The van der Waals surface area contributed by atoms with Crippen molar-refractivity contribution >= 4 is 19.1 Å². The summed E-state index contributed by atoms with van der Waals surface area (Å²) >= 11 is 0. The summed E-state index contributed by atoms with van der Waals surface area (Å²) < 4.78 is 16.8. The SMILES string of the molecule is CCOC(C(=O)O)[P+](=O)c1ccccc1. The van der Waals surface area contributed by atoms with Crippen LogP contribution in [-0.2, 0) is 14.1 Å². The van der Waals surface area contributed by atoms with Crippen molar-refractivity contribution in [3.63, 3.8) is 0 Å². The monoisotopic (exact) mass is 227 g/mol. The van der Waals surface area contributed by atoms with E-state index in [9.17, 15) is 9.36 Å². The van der Waals surface area contributed by atoms with Crippen LogP contribution in [0.1, 0.15) is 6.92 Å². The zero-order valence-electron chi connectivity index (χ0n) is 8.29. The van der Waals surface area contributed by atoms with Crippen LogP contribution in [0.5, 0.6) is 0 Å². The smallest absolute Gasteiger partial charge is 0.420 e. The molecule has 0 saturated heterocycles. The lowest BCUT2D eigenvalue weighted by Gasteiger charge is -2.01. The number of carboxylic acids is 1. The van der Waals surface area contributed by atoms with E-state index in [2.05, 4.69) is 0 Å². The summed E-state index contributed by atoms with van der Waals surface area (Å²) in [5, 5.41) is 9.32. The van der Waals surface area contributed by atoms with Gasteiger partial charge >= 0.3 is 19.6 Å². The number of hydrogen-bond acceptors (Lipinski definition) is 3. The predicted molar refractivity (Wildman–Crippen MR) is 56.7 cm³/mol. The molecule has 0 saturated carbocycles. The Morgan fingerprint density at radius 1 is 1.47 bits per heavy atom. The maximum Gasteiger partial charge on any atom is 0.420 e. The average molecular weight is 227 g/mol. The van der Waals surface area contributed by atoms with Gasteiger partial charge in [0.15, 0.2) is 5.30 Å². The Morgan fingerprint density at radius 3 is 2.53 bits per heavy atom. The van der Waals surface area contributed by atoms with E-state index in [1.54, 1.807) is 37.3 Å². The Kier molecular flexibility index (Phi) is 4.40. The highest BCUT2D eigenvalue weighted by molar-refractivity contribution is 7.55. The molecule has 0 fully saturated rings. The highest BCUT2D eigenvalue weighted by Gasteiger charge is 2.40. The van der Waals surface area contributed by atoms with Gasteiger partial charge in [-0.1, -0.05) is 22.8 Å². The summed E-state index contributed by atoms with van der Waals surface area (Å²) in [6.45, 7) is 1.90. The Labute approximate surface area is 88.7 Å². The molecule has 0 aliphatic rings. The fourth-order valence-corrected chi connectivity index (χ4v) is 2.33. The van der Waals surface area contributed by atoms with Crippen LogP contribution in [-0.4, -0.2) is 23.5 Å². The molecule has 0 aromatic heterocycles. The van der Waals surface area contributed by atoms with Gasteiger partial charge in [-0.15, -0.1) is 0 Å². The van der Waals surface area contributed by atoms with E-state index < -0.39 is 19.6 Å². The zero-order valence-corrected chi connectivity index (χ0v) is 9.18. The van der Waals surface area contributed by atoms with Gasteiger partial charge in [-0.25, -0.2) is 4.79 Å². The lowest BCUT2D eigenvalue weighted by atomic mass is 10.4. The van der Waals surface area contributed by atoms with Crippen molar-refractivity contribution in [3.05, 3.63) is 30.3 Å². The van der Waals surface area contributed by atoms with Crippen molar-refractivity contribution < 1.29 is 19.2 Å². The molecule has 15 heavy (non-hydrogen) atoms. The van der Waals surface area contributed by atoms with Gasteiger partial charge in [0.05, 0.1) is 0 Å². The van der Waals surface area contributed by atoms with E-state index in [0.29, 0.717) is 5.30 Å². The summed E-state index contributed by atoms with van der Waals surface area (Å²) in [6, 6.07) is 8.48. The number of carbonyl (C=O) groups is 1. The van der Waals surface area contributed by atoms with Crippen LogP contribution < -0.4 is 5.30 Å². The highest BCUT2D eigenvalue weighted by Crippen LogP contribution is 2.28. The minimum Gasteiger partial charge on any atom is -0.476 e. The second kappa shape index (κ2) is 5.59. The zero-order chi connectivity index (χ0) is 11.3. The summed E-state index contributed by atoms with van der Waals surface area (Å²) in [5.74, 6) is -2.45. The molecule has 0 heterocycles. The first-order valence-corrected chi connectivity index (χ1v) is 5.85. The van der Waals surface area contributed by atoms with E-state index in [4.69, 9.17) is 9.84 Å². The van der Waals surface area contributed by atoms with Crippen LogP contribution in [0.2, 0.25) is 0 Å². The van der Waals surface area contributed by atoms with Gasteiger partial charge in [-0.05, 0) is 19.1 Å². The van der Waals surface area contributed by atoms with Crippen molar-refractivity contribution in [1.29, 1.82) is 0 Å². The fraction of sp³-hybridized carbons (Fsp3) is 0.300. The summed E-state index contributed by atoms with van der Waals surface area (Å²) in [4.78, 5) is 10.8. The molecule has 0 radical (unpaired) electrons. The van der Waals surface area contributed by atoms with Gasteiger partial charge in [0.1, 0.15) is 0 Å². The van der Waals surface area contributed by atoms with Crippen LogP contribution in [0.15, 0.2) is 30.3 Å². The first-order chi connectivity index (χ1) is 7.16. The third-order valence-corrected chi connectivity index (χ3v) is 3.36. The van der Waals surface area contributed by atoms with Gasteiger partial charge in [0.25, 0.3) is 0 Å². The number of carboxylic acid groups (broad SMARTS) is 1. The van der Waals surface area contributed by atoms with Crippen LogP contribution in [0.3, 0.4) is 0 Å². The third-order valence-electron chi connectivity index (χ3n) is 1.76. The molecule has 5 heteroatoms. The number of benzene rings is 1. The maximum atomic E-state index is 11.8. The predicted octanol–water partition coefficient (Wildman–Crippen LogP) is 1.59. The van der Waals surface area contributed by atoms with Gasteiger partial charge in [-0.2, -0.15) is 0 Å². The number of hydrogen-bond donors (Lipinski definition) is 1. The van der Waals surface area contributed by atoms with Crippen LogP contribution in [0, 0.1) is 0 Å². The summed E-state index contributed by atoms with van der Waals surface area (Å²) in [6.07, 6.45) is 0. The molecule has 0 spiro atoms. The fourth-order valence-electron chi connectivity index (χ4n) is 1.11. The van der Waals surface area contributed by atoms with E-state index in [0.717, 1.165) is 0 Å². The van der Waals surface area contributed by atoms with Crippen LogP contribution >= 0.6 is 7.80 Å². The molecule has 80 valence electrons. The lowest BCUT2D eigenvalue weighted by molar-refractivity contribution is -0.144. The average Bonchev–Trinajstić information content (AvgIpc) is 2.26. The molecular formula is C10H12O4P+. The third kappa shape index (κ3) is 3.11. The molecule has 2 atom stereocenters. The summed E-state index contributed by atoms with van der Waals surface area (Å²) in [7, 11) is -2.06. The molecule has 2 unspecified atom stereocenters. The van der Waals surface area contributed by atoms with Crippen LogP contribution in [0.25, 0.3) is 0 Å². The Hall–Kier alpha value is -1.25. The minimum absolute atomic E-state index is 0.227. The van der Waals surface area contributed by atoms with Crippen LogP contribution in [0.4, 0.5) is 0 Å². The molecular weight excluding hydrogens is 215 g/mol. The largest absolute Gasteiger partial charge is 0.476 e. The second-order valence-corrected chi connectivity index (χ2v) is 4.44. The number of rotatable bonds is 5. The topological polar surface area (TPSA) is 63.6 Å². The Morgan fingerprint density at radius 2 is 2.07 bits per heavy atom. The molecule has 1 aromatic rings. The second-order valence-electron chi connectivity index (χ2n) is 2.81. The van der Waals surface area contributed by atoms with Gasteiger partial charge in [0, 0.05) is 6.61 Å². The van der Waals surface area contributed by atoms with E-state index in [-0.39, 0.29) is 6.61 Å². The van der Waals surface area contributed by atoms with Crippen molar-refractivity contribution in [2.24, 2.45) is 0 Å². The molecule has 0 amide bonds. The molecule has 1 rings (SSSR count). The highest BCUT2D eigenvalue weighted by atomic mass is 31.1. The molecule has 0 aliphatic carbocycles. The lowest BCUT2D eigenvalue weighted by Crippen LogP contribution is -2.23. The minimum atomic E-state index is -2.06. The Bertz CT molecular complexity index is 350.